The lowest BCUT2D eigenvalue weighted by Gasteiger charge is -2.03. The van der Waals surface area contributed by atoms with E-state index in [1.165, 1.54) is 12.0 Å². The summed E-state index contributed by atoms with van der Waals surface area (Å²) in [5.41, 5.74) is 1.38. The van der Waals surface area contributed by atoms with Crippen molar-refractivity contribution in [2.45, 2.75) is 26.7 Å². The summed E-state index contributed by atoms with van der Waals surface area (Å²) in [6.07, 6.45) is 2.41. The summed E-state index contributed by atoms with van der Waals surface area (Å²) >= 11 is 5.77. The number of hydrogen-bond donors (Lipinski definition) is 0. The molecule has 0 nitrogen and oxygen atoms in total. The van der Waals surface area contributed by atoms with Gasteiger partial charge in [-0.1, -0.05) is 37.6 Å². The molecule has 0 N–H and O–H groups in total. The van der Waals surface area contributed by atoms with Crippen molar-refractivity contribution in [3.05, 3.63) is 34.9 Å². The third kappa shape index (κ3) is 3.27. The zero-order valence-corrected chi connectivity index (χ0v) is 8.43. The van der Waals surface area contributed by atoms with Crippen LogP contribution in [-0.2, 0) is 6.42 Å². The van der Waals surface area contributed by atoms with Gasteiger partial charge >= 0.3 is 0 Å². The van der Waals surface area contributed by atoms with Gasteiger partial charge in [0.15, 0.2) is 0 Å². The maximum Gasteiger partial charge on any atom is 0.0406 e. The second kappa shape index (κ2) is 4.51. The van der Waals surface area contributed by atoms with Crippen LogP contribution < -0.4 is 0 Å². The highest BCUT2D eigenvalue weighted by Crippen LogP contribution is 2.12. The summed E-state index contributed by atoms with van der Waals surface area (Å²) in [6.45, 7) is 4.49. The molecular formula is C11H15Cl. The standard InChI is InChI=1S/C11H15Cl/c1-9(2)3-4-10-5-7-11(12)8-6-10/h5-9H,3-4H2,1-2H3. The predicted molar refractivity (Wildman–Crippen MR) is 54.6 cm³/mol. The van der Waals surface area contributed by atoms with E-state index >= 15 is 0 Å². The molecule has 1 heteroatoms. The monoisotopic (exact) mass is 182 g/mol. The third-order valence-electron chi connectivity index (χ3n) is 1.92. The summed E-state index contributed by atoms with van der Waals surface area (Å²) in [6, 6.07) is 8.11. The van der Waals surface area contributed by atoms with E-state index in [2.05, 4.69) is 26.0 Å². The Kier molecular flexibility index (Phi) is 3.61. The minimum atomic E-state index is 0.778. The normalized spacial score (nSPS) is 10.7. The molecule has 12 heavy (non-hydrogen) atoms. The highest BCUT2D eigenvalue weighted by atomic mass is 35.5. The highest BCUT2D eigenvalue weighted by molar-refractivity contribution is 6.30. The van der Waals surface area contributed by atoms with Crippen molar-refractivity contribution < 1.29 is 0 Å². The number of hydrogen-bond acceptors (Lipinski definition) is 0. The molecule has 1 rings (SSSR count). The van der Waals surface area contributed by atoms with E-state index in [9.17, 15) is 0 Å². The van der Waals surface area contributed by atoms with Crippen LogP contribution >= 0.6 is 11.6 Å². The maximum atomic E-state index is 5.77. The molecule has 0 saturated carbocycles. The van der Waals surface area contributed by atoms with Crippen molar-refractivity contribution in [2.75, 3.05) is 0 Å². The van der Waals surface area contributed by atoms with Crippen LogP contribution in [0, 0.1) is 5.92 Å². The molecule has 0 heterocycles. The molecule has 0 aliphatic carbocycles. The topological polar surface area (TPSA) is 0 Å². The van der Waals surface area contributed by atoms with Gasteiger partial charge < -0.3 is 0 Å². The molecule has 0 saturated heterocycles. The van der Waals surface area contributed by atoms with Crippen molar-refractivity contribution in [2.24, 2.45) is 5.92 Å². The molecule has 0 aliphatic rings. The number of rotatable bonds is 3. The first-order valence-electron chi connectivity index (χ1n) is 4.43. The van der Waals surface area contributed by atoms with E-state index in [1.807, 2.05) is 12.1 Å². The lowest BCUT2D eigenvalue weighted by atomic mass is 10.0. The fraction of sp³-hybridized carbons (Fsp3) is 0.455. The zero-order chi connectivity index (χ0) is 8.97. The van der Waals surface area contributed by atoms with Gasteiger partial charge in [0.1, 0.15) is 0 Å². The van der Waals surface area contributed by atoms with Crippen molar-refractivity contribution in [3.63, 3.8) is 0 Å². The van der Waals surface area contributed by atoms with Crippen LogP contribution in [0.25, 0.3) is 0 Å². The summed E-state index contributed by atoms with van der Waals surface area (Å²) in [7, 11) is 0. The minimum absolute atomic E-state index is 0.778. The first-order chi connectivity index (χ1) is 5.68. The molecule has 0 spiro atoms. The van der Waals surface area contributed by atoms with Gasteiger partial charge in [-0.2, -0.15) is 0 Å². The van der Waals surface area contributed by atoms with E-state index in [4.69, 9.17) is 11.6 Å². The van der Waals surface area contributed by atoms with Crippen LogP contribution in [0.3, 0.4) is 0 Å². The highest BCUT2D eigenvalue weighted by Gasteiger charge is 1.96. The fourth-order valence-electron chi connectivity index (χ4n) is 1.11. The molecule has 1 aromatic rings. The molecule has 0 bridgehead atoms. The van der Waals surface area contributed by atoms with Crippen molar-refractivity contribution in [1.82, 2.24) is 0 Å². The molecule has 0 amide bonds. The van der Waals surface area contributed by atoms with Crippen LogP contribution in [0.4, 0.5) is 0 Å². The summed E-state index contributed by atoms with van der Waals surface area (Å²) in [4.78, 5) is 0. The Balaban J connectivity index is 2.48. The largest absolute Gasteiger partial charge is 0.0843 e. The Bertz CT molecular complexity index is 223. The van der Waals surface area contributed by atoms with Gasteiger partial charge in [0.2, 0.25) is 0 Å². The van der Waals surface area contributed by atoms with Gasteiger partial charge in [0, 0.05) is 5.02 Å². The molecule has 0 fully saturated rings. The number of benzene rings is 1. The predicted octanol–water partition coefficient (Wildman–Crippen LogP) is 3.93. The Morgan fingerprint density at radius 3 is 2.25 bits per heavy atom. The maximum absolute atomic E-state index is 5.77. The van der Waals surface area contributed by atoms with Crippen molar-refractivity contribution >= 4 is 11.6 Å². The molecule has 0 aromatic heterocycles. The number of aryl methyl sites for hydroxylation is 1. The molecule has 66 valence electrons. The van der Waals surface area contributed by atoms with Gasteiger partial charge in [-0.05, 0) is 36.5 Å². The van der Waals surface area contributed by atoms with Crippen LogP contribution in [0.1, 0.15) is 25.8 Å². The third-order valence-corrected chi connectivity index (χ3v) is 2.18. The molecule has 0 atom stereocenters. The van der Waals surface area contributed by atoms with Gasteiger partial charge in [-0.25, -0.2) is 0 Å². The van der Waals surface area contributed by atoms with Gasteiger partial charge in [0.25, 0.3) is 0 Å². The first kappa shape index (κ1) is 9.60. The van der Waals surface area contributed by atoms with Crippen LogP contribution in [0.5, 0.6) is 0 Å². The van der Waals surface area contributed by atoms with E-state index in [-0.39, 0.29) is 0 Å². The lowest BCUT2D eigenvalue weighted by Crippen LogP contribution is -1.91. The molecule has 0 aliphatic heterocycles. The van der Waals surface area contributed by atoms with Gasteiger partial charge in [-0.15, -0.1) is 0 Å². The van der Waals surface area contributed by atoms with Crippen molar-refractivity contribution in [3.8, 4) is 0 Å². The molecule has 1 aromatic carbocycles. The number of halogens is 1. The van der Waals surface area contributed by atoms with E-state index in [1.54, 1.807) is 0 Å². The zero-order valence-electron chi connectivity index (χ0n) is 7.68. The summed E-state index contributed by atoms with van der Waals surface area (Å²) < 4.78 is 0. The van der Waals surface area contributed by atoms with Crippen molar-refractivity contribution in [1.29, 1.82) is 0 Å². The quantitative estimate of drug-likeness (QED) is 0.665. The van der Waals surface area contributed by atoms with Crippen LogP contribution in [0.15, 0.2) is 24.3 Å². The van der Waals surface area contributed by atoms with Gasteiger partial charge in [0.05, 0.1) is 0 Å². The van der Waals surface area contributed by atoms with E-state index < -0.39 is 0 Å². The average Bonchev–Trinajstić information content (AvgIpc) is 2.03. The SMILES string of the molecule is CC(C)CCc1ccc(Cl)cc1. The van der Waals surface area contributed by atoms with Crippen LogP contribution in [-0.4, -0.2) is 0 Å². The van der Waals surface area contributed by atoms with E-state index in [0.29, 0.717) is 0 Å². The second-order valence-corrected chi connectivity index (χ2v) is 4.00. The lowest BCUT2D eigenvalue weighted by molar-refractivity contribution is 0.587. The van der Waals surface area contributed by atoms with Crippen LogP contribution in [0.2, 0.25) is 5.02 Å². The Hall–Kier alpha value is -0.490. The molecule has 0 unspecified atom stereocenters. The first-order valence-corrected chi connectivity index (χ1v) is 4.80. The summed E-state index contributed by atoms with van der Waals surface area (Å²) in [5.74, 6) is 0.778. The minimum Gasteiger partial charge on any atom is -0.0843 e. The smallest absolute Gasteiger partial charge is 0.0406 e. The average molecular weight is 183 g/mol. The Morgan fingerprint density at radius 1 is 1.17 bits per heavy atom. The second-order valence-electron chi connectivity index (χ2n) is 3.56. The summed E-state index contributed by atoms with van der Waals surface area (Å²) in [5, 5.41) is 0.822. The fourth-order valence-corrected chi connectivity index (χ4v) is 1.23. The molecular weight excluding hydrogens is 168 g/mol. The van der Waals surface area contributed by atoms with Gasteiger partial charge in [-0.3, -0.25) is 0 Å². The Morgan fingerprint density at radius 2 is 1.75 bits per heavy atom. The molecule has 0 radical (unpaired) electrons. The van der Waals surface area contributed by atoms with E-state index in [0.717, 1.165) is 17.4 Å². The Labute approximate surface area is 79.6 Å².